The van der Waals surface area contributed by atoms with Crippen LogP contribution in [0.5, 0.6) is 11.5 Å². The largest absolute Gasteiger partial charge is 0.493 e. The van der Waals surface area contributed by atoms with E-state index in [1.54, 1.807) is 14.2 Å². The standard InChI is InChI=1S/C31H55N3O6Si/c1-21(2)24(16-23-12-13-28(39-8)29(17-23)40-15-11-14-38-7)19-27(33-34-32)25(18-26(22(3)4)30(35)36)20-31(5,6)41(9,10)37/h12-13,17,21-22,24-27,37H,11,14-16,18-20H2,1-10H3,(H,35,36)/t24-,25+,26-,27-/m0/s1. The van der Waals surface area contributed by atoms with Crippen molar-refractivity contribution in [1.82, 2.24) is 0 Å². The van der Waals surface area contributed by atoms with Crippen LogP contribution in [0.1, 0.15) is 72.8 Å². The number of ether oxygens (including phenoxy) is 3. The highest BCUT2D eigenvalue weighted by Gasteiger charge is 2.42. The molecular weight excluding hydrogens is 538 g/mol. The van der Waals surface area contributed by atoms with Gasteiger partial charge in [0.1, 0.15) is 0 Å². The Morgan fingerprint density at radius 3 is 2.20 bits per heavy atom. The van der Waals surface area contributed by atoms with Gasteiger partial charge in [-0.2, -0.15) is 0 Å². The van der Waals surface area contributed by atoms with Gasteiger partial charge in [-0.3, -0.25) is 4.79 Å². The van der Waals surface area contributed by atoms with Crippen LogP contribution in [0.25, 0.3) is 10.4 Å². The van der Waals surface area contributed by atoms with Crippen LogP contribution in [0.2, 0.25) is 18.1 Å². The highest BCUT2D eigenvalue weighted by atomic mass is 28.4. The van der Waals surface area contributed by atoms with Crippen molar-refractivity contribution >= 4 is 14.3 Å². The minimum atomic E-state index is -2.59. The van der Waals surface area contributed by atoms with E-state index in [0.717, 1.165) is 18.4 Å². The first kappa shape index (κ1) is 36.8. The molecule has 1 aromatic carbocycles. The first-order valence-electron chi connectivity index (χ1n) is 14.9. The highest BCUT2D eigenvalue weighted by Crippen LogP contribution is 2.46. The SMILES string of the molecule is COCCCOc1cc(C[C@@H](C[C@H](N=[N+]=[N-])[C@H](C[C@H](C(=O)O)C(C)C)CC(C)(C)[Si](C)(C)O)C(C)C)ccc1OC. The third-order valence-corrected chi connectivity index (χ3v) is 12.3. The predicted octanol–water partition coefficient (Wildman–Crippen LogP) is 7.73. The normalized spacial score (nSPS) is 15.2. The highest BCUT2D eigenvalue weighted by molar-refractivity contribution is 6.72. The molecular formula is C31H55N3O6Si. The lowest BCUT2D eigenvalue weighted by Gasteiger charge is -2.41. The van der Waals surface area contributed by atoms with Crippen LogP contribution in [0.4, 0.5) is 0 Å². The summed E-state index contributed by atoms with van der Waals surface area (Å²) >= 11 is 0. The van der Waals surface area contributed by atoms with Gasteiger partial charge in [0.15, 0.2) is 19.8 Å². The van der Waals surface area contributed by atoms with Gasteiger partial charge in [0.05, 0.1) is 19.6 Å². The van der Waals surface area contributed by atoms with Gasteiger partial charge in [-0.25, -0.2) is 0 Å². The van der Waals surface area contributed by atoms with Crippen LogP contribution < -0.4 is 9.47 Å². The molecule has 0 saturated carbocycles. The molecule has 10 heteroatoms. The van der Waals surface area contributed by atoms with Gasteiger partial charge in [-0.05, 0) is 90.7 Å². The molecule has 9 nitrogen and oxygen atoms in total. The number of azide groups is 1. The first-order chi connectivity index (χ1) is 19.1. The van der Waals surface area contributed by atoms with Gasteiger partial charge >= 0.3 is 5.97 Å². The Labute approximate surface area is 248 Å². The van der Waals surface area contributed by atoms with Crippen molar-refractivity contribution in [2.45, 2.75) is 97.8 Å². The number of carbonyl (C=O) groups is 1. The number of hydrogen-bond acceptors (Lipinski definition) is 6. The molecule has 0 fully saturated rings. The Bertz CT molecular complexity index is 989. The second-order valence-corrected chi connectivity index (χ2v) is 17.7. The van der Waals surface area contributed by atoms with Crippen LogP contribution in [0.15, 0.2) is 23.3 Å². The van der Waals surface area contributed by atoms with Crippen molar-refractivity contribution in [2.24, 2.45) is 34.7 Å². The van der Waals surface area contributed by atoms with Gasteiger partial charge in [0, 0.05) is 31.1 Å². The third-order valence-electron chi connectivity index (χ3n) is 8.81. The minimum Gasteiger partial charge on any atom is -0.493 e. The Morgan fingerprint density at radius 1 is 1.05 bits per heavy atom. The summed E-state index contributed by atoms with van der Waals surface area (Å²) in [5.74, 6) is 0.181. The fraction of sp³-hybridized carbons (Fsp3) is 0.774. The van der Waals surface area contributed by atoms with Crippen molar-refractivity contribution < 1.29 is 28.9 Å². The zero-order valence-electron chi connectivity index (χ0n) is 27.0. The summed E-state index contributed by atoms with van der Waals surface area (Å²) in [6, 6.07) is 5.58. The quantitative estimate of drug-likeness (QED) is 0.0522. The molecule has 1 aromatic rings. The summed E-state index contributed by atoms with van der Waals surface area (Å²) in [7, 11) is 0.697. The molecule has 0 aliphatic rings. The zero-order chi connectivity index (χ0) is 31.4. The smallest absolute Gasteiger partial charge is 0.306 e. The van der Waals surface area contributed by atoms with E-state index in [4.69, 9.17) is 14.2 Å². The average Bonchev–Trinajstić information content (AvgIpc) is 2.87. The number of rotatable bonds is 20. The summed E-state index contributed by atoms with van der Waals surface area (Å²) in [4.78, 5) is 26.5. The third kappa shape index (κ3) is 11.9. The second-order valence-electron chi connectivity index (χ2n) is 13.2. The summed E-state index contributed by atoms with van der Waals surface area (Å²) in [5.41, 5.74) is 10.7. The Morgan fingerprint density at radius 2 is 1.71 bits per heavy atom. The van der Waals surface area contributed by atoms with Crippen molar-refractivity contribution in [2.75, 3.05) is 27.4 Å². The van der Waals surface area contributed by atoms with E-state index in [2.05, 4.69) is 37.7 Å². The molecule has 0 radical (unpaired) electrons. The summed E-state index contributed by atoms with van der Waals surface area (Å²) in [6.45, 7) is 17.2. The Hall–Kier alpha value is -2.26. The molecule has 0 aromatic heterocycles. The van der Waals surface area contributed by atoms with Gasteiger partial charge in [0.2, 0.25) is 0 Å². The van der Waals surface area contributed by atoms with Crippen LogP contribution in [-0.2, 0) is 16.0 Å². The molecule has 1 rings (SSSR count). The number of methoxy groups -OCH3 is 2. The topological polar surface area (TPSA) is 134 Å². The molecule has 0 bridgehead atoms. The molecule has 234 valence electrons. The molecule has 0 aliphatic carbocycles. The second kappa shape index (κ2) is 17.0. The Kier molecular flexibility index (Phi) is 15.2. The van der Waals surface area contributed by atoms with E-state index >= 15 is 0 Å². The number of hydrogen-bond donors (Lipinski definition) is 2. The maximum absolute atomic E-state index is 12.2. The van der Waals surface area contributed by atoms with E-state index in [0.29, 0.717) is 44.0 Å². The van der Waals surface area contributed by atoms with Crippen molar-refractivity contribution in [3.05, 3.63) is 34.2 Å². The average molecular weight is 594 g/mol. The maximum Gasteiger partial charge on any atom is 0.306 e. The molecule has 4 atom stereocenters. The monoisotopic (exact) mass is 593 g/mol. The summed E-state index contributed by atoms with van der Waals surface area (Å²) < 4.78 is 16.6. The minimum absolute atomic E-state index is 0.0632. The van der Waals surface area contributed by atoms with Crippen molar-refractivity contribution in [1.29, 1.82) is 0 Å². The first-order valence-corrected chi connectivity index (χ1v) is 17.8. The fourth-order valence-corrected chi connectivity index (χ4v) is 5.98. The summed E-state index contributed by atoms with van der Waals surface area (Å²) in [6.07, 6.45) is 3.13. The molecule has 0 saturated heterocycles. The van der Waals surface area contributed by atoms with E-state index in [-0.39, 0.29) is 28.7 Å². The van der Waals surface area contributed by atoms with Crippen LogP contribution in [0.3, 0.4) is 0 Å². The zero-order valence-corrected chi connectivity index (χ0v) is 28.0. The van der Waals surface area contributed by atoms with Crippen molar-refractivity contribution in [3.8, 4) is 11.5 Å². The van der Waals surface area contributed by atoms with Crippen LogP contribution in [0, 0.1) is 29.6 Å². The molecule has 0 amide bonds. The number of benzene rings is 1. The number of carboxylic acid groups (broad SMARTS) is 1. The van der Waals surface area contributed by atoms with Crippen molar-refractivity contribution in [3.63, 3.8) is 0 Å². The van der Waals surface area contributed by atoms with Crippen LogP contribution in [-0.4, -0.2) is 57.7 Å². The molecule has 0 heterocycles. The Balaban J connectivity index is 3.37. The van der Waals surface area contributed by atoms with Gasteiger partial charge in [-0.1, -0.05) is 52.7 Å². The van der Waals surface area contributed by atoms with Crippen LogP contribution >= 0.6 is 0 Å². The van der Waals surface area contributed by atoms with Gasteiger partial charge < -0.3 is 24.1 Å². The lowest BCUT2D eigenvalue weighted by Crippen LogP contribution is -2.42. The number of carboxylic acids is 1. The predicted molar refractivity (Wildman–Crippen MR) is 167 cm³/mol. The summed E-state index contributed by atoms with van der Waals surface area (Å²) in [5, 5.41) is 13.9. The molecule has 41 heavy (non-hydrogen) atoms. The van der Waals surface area contributed by atoms with E-state index in [9.17, 15) is 20.2 Å². The maximum atomic E-state index is 12.2. The number of aliphatic carboxylic acids is 1. The van der Waals surface area contributed by atoms with Gasteiger partial charge in [0.25, 0.3) is 0 Å². The molecule has 0 spiro atoms. The fourth-order valence-electron chi connectivity index (χ4n) is 5.22. The molecule has 2 N–H and O–H groups in total. The van der Waals surface area contributed by atoms with E-state index in [1.807, 2.05) is 45.1 Å². The van der Waals surface area contributed by atoms with Gasteiger partial charge in [-0.15, -0.1) is 0 Å². The van der Waals surface area contributed by atoms with E-state index in [1.165, 1.54) is 0 Å². The number of nitrogens with zero attached hydrogens (tertiary/aromatic N) is 3. The van der Waals surface area contributed by atoms with E-state index < -0.39 is 26.2 Å². The lowest BCUT2D eigenvalue weighted by atomic mass is 9.75. The molecule has 0 unspecified atom stereocenters. The molecule has 0 aliphatic heterocycles. The lowest BCUT2D eigenvalue weighted by molar-refractivity contribution is -0.144.